The molecule has 2 aliphatic carbocycles. The minimum absolute atomic E-state index is 0.0856. The normalized spacial score (nSPS) is 17.4. The zero-order chi connectivity index (χ0) is 26.9. The second-order valence-electron chi connectivity index (χ2n) is 10.2. The lowest BCUT2D eigenvalue weighted by molar-refractivity contribution is -0.140. The summed E-state index contributed by atoms with van der Waals surface area (Å²) in [5.74, 6) is 1.04. The first-order valence-electron chi connectivity index (χ1n) is 12.9. The number of aliphatic hydroxyl groups excluding tert-OH is 1. The van der Waals surface area contributed by atoms with Crippen molar-refractivity contribution in [3.8, 4) is 17.2 Å². The molecule has 2 N–H and O–H groups in total. The quantitative estimate of drug-likeness (QED) is 0.377. The Morgan fingerprint density at radius 1 is 0.974 bits per heavy atom. The van der Waals surface area contributed by atoms with Crippen LogP contribution in [0, 0.1) is 6.92 Å². The Balaban J connectivity index is 1.35. The molecule has 3 aromatic rings. The molecule has 7 nitrogen and oxygen atoms in total. The molecule has 0 saturated heterocycles. The molecule has 2 aliphatic rings. The third-order valence-electron chi connectivity index (χ3n) is 7.83. The summed E-state index contributed by atoms with van der Waals surface area (Å²) in [6.45, 7) is 2.01. The average Bonchev–Trinajstić information content (AvgIpc) is 3.65. The average molecular weight is 519 g/mol. The fourth-order valence-electron chi connectivity index (χ4n) is 5.36. The molecule has 2 atom stereocenters. The molecule has 0 spiro atoms. The predicted octanol–water partition coefficient (Wildman–Crippen LogP) is 4.79. The van der Waals surface area contributed by atoms with Crippen molar-refractivity contribution in [1.82, 2.24) is 0 Å². The molecule has 0 bridgehead atoms. The molecular weight excluding hydrogens is 484 g/mol. The standard InChI is InChI=1S/C31H34O7/c1-19-26(35-2)16-22(17-27(19)36-3)29(32)28(38-25-14-20-6-4-5-7-21(20)15-25)18-37-24-10-8-23(9-11-24)31(12-13-31)30(33)34/h4-11,16-17,25,28-29,32H,12-15,18H2,1-3H3,(H,33,34). The van der Waals surface area contributed by atoms with Crippen molar-refractivity contribution in [1.29, 1.82) is 0 Å². The lowest BCUT2D eigenvalue weighted by Crippen LogP contribution is -2.33. The molecule has 0 amide bonds. The van der Waals surface area contributed by atoms with Gasteiger partial charge in [-0.3, -0.25) is 4.79 Å². The molecule has 7 heteroatoms. The number of carboxylic acid groups (broad SMARTS) is 1. The second kappa shape index (κ2) is 10.7. The van der Waals surface area contributed by atoms with E-state index in [0.717, 1.165) is 24.0 Å². The first kappa shape index (κ1) is 26.1. The third-order valence-corrected chi connectivity index (χ3v) is 7.83. The van der Waals surface area contributed by atoms with Crippen molar-refractivity contribution in [2.45, 2.75) is 56.3 Å². The molecule has 0 heterocycles. The highest BCUT2D eigenvalue weighted by Gasteiger charge is 2.51. The zero-order valence-electron chi connectivity index (χ0n) is 22.0. The summed E-state index contributed by atoms with van der Waals surface area (Å²) in [5.41, 5.74) is 4.00. The summed E-state index contributed by atoms with van der Waals surface area (Å²) >= 11 is 0. The number of fused-ring (bicyclic) bond motifs is 1. The number of ether oxygens (including phenoxy) is 4. The van der Waals surface area contributed by atoms with Crippen LogP contribution < -0.4 is 14.2 Å². The van der Waals surface area contributed by atoms with Gasteiger partial charge in [-0.2, -0.15) is 0 Å². The van der Waals surface area contributed by atoms with Crippen LogP contribution in [0.5, 0.6) is 17.2 Å². The minimum atomic E-state index is -0.997. The summed E-state index contributed by atoms with van der Waals surface area (Å²) in [5, 5.41) is 21.1. The van der Waals surface area contributed by atoms with Crippen LogP contribution in [0.15, 0.2) is 60.7 Å². The van der Waals surface area contributed by atoms with Crippen LogP contribution in [0.2, 0.25) is 0 Å². The van der Waals surface area contributed by atoms with Crippen molar-refractivity contribution in [3.05, 3.63) is 88.5 Å². The number of rotatable bonds is 11. The van der Waals surface area contributed by atoms with Crippen molar-refractivity contribution >= 4 is 5.97 Å². The van der Waals surface area contributed by atoms with Crippen molar-refractivity contribution in [3.63, 3.8) is 0 Å². The second-order valence-corrected chi connectivity index (χ2v) is 10.2. The highest BCUT2D eigenvalue weighted by Crippen LogP contribution is 2.48. The van der Waals surface area contributed by atoms with E-state index in [-0.39, 0.29) is 12.7 Å². The van der Waals surface area contributed by atoms with Gasteiger partial charge in [-0.1, -0.05) is 36.4 Å². The van der Waals surface area contributed by atoms with Gasteiger partial charge >= 0.3 is 5.97 Å². The molecule has 200 valence electrons. The van der Waals surface area contributed by atoms with Gasteiger partial charge in [-0.05, 0) is 79.1 Å². The van der Waals surface area contributed by atoms with Gasteiger partial charge in [0.05, 0.1) is 25.7 Å². The smallest absolute Gasteiger partial charge is 0.314 e. The number of hydrogen-bond donors (Lipinski definition) is 2. The summed E-state index contributed by atoms with van der Waals surface area (Å²) in [6, 6.07) is 19.1. The highest BCUT2D eigenvalue weighted by atomic mass is 16.5. The van der Waals surface area contributed by atoms with Gasteiger partial charge in [-0.15, -0.1) is 0 Å². The van der Waals surface area contributed by atoms with E-state index in [4.69, 9.17) is 18.9 Å². The van der Waals surface area contributed by atoms with Crippen LogP contribution in [-0.2, 0) is 27.8 Å². The van der Waals surface area contributed by atoms with Gasteiger partial charge in [0, 0.05) is 5.56 Å². The van der Waals surface area contributed by atoms with Gasteiger partial charge < -0.3 is 29.2 Å². The Morgan fingerprint density at radius 3 is 2.05 bits per heavy atom. The Kier molecular flexibility index (Phi) is 7.32. The van der Waals surface area contributed by atoms with E-state index in [2.05, 4.69) is 12.1 Å². The fourth-order valence-corrected chi connectivity index (χ4v) is 5.36. The van der Waals surface area contributed by atoms with Crippen molar-refractivity contribution < 1.29 is 34.0 Å². The number of aliphatic hydroxyl groups is 1. The van der Waals surface area contributed by atoms with Crippen LogP contribution in [0.3, 0.4) is 0 Å². The number of carbonyl (C=O) groups is 1. The number of aliphatic carboxylic acids is 1. The number of methoxy groups -OCH3 is 2. The largest absolute Gasteiger partial charge is 0.496 e. The molecule has 3 aromatic carbocycles. The number of hydrogen-bond acceptors (Lipinski definition) is 6. The van der Waals surface area contributed by atoms with Crippen molar-refractivity contribution in [2.24, 2.45) is 0 Å². The first-order valence-corrected chi connectivity index (χ1v) is 12.9. The third kappa shape index (κ3) is 5.08. The fraction of sp³-hybridized carbons (Fsp3) is 0.387. The van der Waals surface area contributed by atoms with Gasteiger partial charge in [0.2, 0.25) is 0 Å². The molecule has 0 aromatic heterocycles. The lowest BCUT2D eigenvalue weighted by Gasteiger charge is -2.28. The lowest BCUT2D eigenvalue weighted by atomic mass is 9.96. The Bertz CT molecular complexity index is 1250. The van der Waals surface area contributed by atoms with E-state index < -0.39 is 23.6 Å². The van der Waals surface area contributed by atoms with E-state index in [9.17, 15) is 15.0 Å². The monoisotopic (exact) mass is 518 g/mol. The number of carboxylic acids is 1. The predicted molar refractivity (Wildman–Crippen MR) is 142 cm³/mol. The topological polar surface area (TPSA) is 94.5 Å². The summed E-state index contributed by atoms with van der Waals surface area (Å²) in [4.78, 5) is 11.7. The maximum absolute atomic E-state index is 11.7. The molecule has 0 aliphatic heterocycles. The minimum Gasteiger partial charge on any atom is -0.496 e. The van der Waals surface area contributed by atoms with Gasteiger partial charge in [0.1, 0.15) is 36.1 Å². The number of benzene rings is 3. The molecule has 2 unspecified atom stereocenters. The Morgan fingerprint density at radius 2 is 1.55 bits per heavy atom. The maximum Gasteiger partial charge on any atom is 0.314 e. The van der Waals surface area contributed by atoms with Crippen LogP contribution in [0.25, 0.3) is 0 Å². The molecular formula is C31H34O7. The van der Waals surface area contributed by atoms with Crippen LogP contribution >= 0.6 is 0 Å². The van der Waals surface area contributed by atoms with E-state index >= 15 is 0 Å². The van der Waals surface area contributed by atoms with Crippen molar-refractivity contribution in [2.75, 3.05) is 20.8 Å². The molecule has 1 saturated carbocycles. The Hall–Kier alpha value is -3.55. The van der Waals surface area contributed by atoms with Gasteiger partial charge in [0.15, 0.2) is 0 Å². The SMILES string of the molecule is COc1cc(C(O)C(COc2ccc(C3(C(=O)O)CC3)cc2)OC2Cc3ccccc3C2)cc(OC)c1C. The van der Waals surface area contributed by atoms with E-state index in [1.165, 1.54) is 11.1 Å². The van der Waals surface area contributed by atoms with Crippen LogP contribution in [-0.4, -0.2) is 49.2 Å². The van der Waals surface area contributed by atoms with Crippen LogP contribution in [0.4, 0.5) is 0 Å². The summed E-state index contributed by atoms with van der Waals surface area (Å²) in [6.07, 6.45) is 1.09. The zero-order valence-corrected chi connectivity index (χ0v) is 22.0. The molecule has 1 fully saturated rings. The summed E-state index contributed by atoms with van der Waals surface area (Å²) < 4.78 is 23.6. The van der Waals surface area contributed by atoms with Crippen LogP contribution in [0.1, 0.15) is 46.8 Å². The van der Waals surface area contributed by atoms with Gasteiger partial charge in [-0.25, -0.2) is 0 Å². The maximum atomic E-state index is 11.7. The molecule has 0 radical (unpaired) electrons. The van der Waals surface area contributed by atoms with E-state index in [0.29, 0.717) is 35.7 Å². The molecule has 5 rings (SSSR count). The Labute approximate surface area is 222 Å². The van der Waals surface area contributed by atoms with E-state index in [1.54, 1.807) is 38.5 Å². The van der Waals surface area contributed by atoms with Gasteiger partial charge in [0.25, 0.3) is 0 Å². The highest BCUT2D eigenvalue weighted by molar-refractivity contribution is 5.84. The molecule has 38 heavy (non-hydrogen) atoms. The summed E-state index contributed by atoms with van der Waals surface area (Å²) in [7, 11) is 3.18. The van der Waals surface area contributed by atoms with E-state index in [1.807, 2.05) is 31.2 Å². The first-order chi connectivity index (χ1) is 18.3.